The minimum absolute atomic E-state index is 0.0683. The van der Waals surface area contributed by atoms with E-state index in [1.165, 1.54) is 38.5 Å². The van der Waals surface area contributed by atoms with Crippen LogP contribution in [0.1, 0.15) is 136 Å². The first-order valence-corrected chi connectivity index (χ1v) is 20.2. The second-order valence-electron chi connectivity index (χ2n) is 12.9. The van der Waals surface area contributed by atoms with Crippen molar-refractivity contribution in [3.8, 4) is 0 Å². The van der Waals surface area contributed by atoms with Gasteiger partial charge in [-0.3, -0.25) is 14.1 Å². The Balaban J connectivity index is 4.18. The number of hydrogen-bond acceptors (Lipinski definition) is 7. The zero-order valence-electron chi connectivity index (χ0n) is 31.0. The molecule has 0 bridgehead atoms. The molecule has 9 nitrogen and oxygen atoms in total. The number of phosphoric ester groups is 1. The van der Waals surface area contributed by atoms with E-state index in [4.69, 9.17) is 19.3 Å². The third-order valence-corrected chi connectivity index (χ3v) is 8.00. The molecule has 0 heterocycles. The van der Waals surface area contributed by atoms with Gasteiger partial charge in [0, 0.05) is 12.8 Å². The van der Waals surface area contributed by atoms with Crippen molar-refractivity contribution in [2.45, 2.75) is 149 Å². The maximum Gasteiger partial charge on any atom is 0.469 e. The molecule has 0 rings (SSSR count). The Morgan fingerprint density at radius 1 is 0.680 bits per heavy atom. The molecule has 0 aromatic carbocycles. The third-order valence-electron chi connectivity index (χ3n) is 7.51. The van der Waals surface area contributed by atoms with Gasteiger partial charge in [0.1, 0.15) is 6.61 Å². The van der Waals surface area contributed by atoms with Gasteiger partial charge in [0.05, 0.1) is 12.7 Å². The molecule has 0 amide bonds. The van der Waals surface area contributed by atoms with Gasteiger partial charge in [-0.25, -0.2) is 4.57 Å². The van der Waals surface area contributed by atoms with Gasteiger partial charge >= 0.3 is 19.8 Å². The van der Waals surface area contributed by atoms with E-state index in [0.717, 1.165) is 50.9 Å². The van der Waals surface area contributed by atoms with E-state index in [1.807, 2.05) is 48.6 Å². The van der Waals surface area contributed by atoms with E-state index in [0.29, 0.717) is 19.3 Å². The van der Waals surface area contributed by atoms with Crippen LogP contribution in [-0.2, 0) is 28.2 Å². The smallest absolute Gasteiger partial charge is 0.462 e. The Bertz CT molecular complexity index is 1070. The minimum atomic E-state index is -4.78. The molecule has 2 atom stereocenters. The van der Waals surface area contributed by atoms with Gasteiger partial charge in [-0.1, -0.05) is 151 Å². The zero-order valence-corrected chi connectivity index (χ0v) is 31.9. The van der Waals surface area contributed by atoms with Crippen LogP contribution < -0.4 is 0 Å². The lowest BCUT2D eigenvalue weighted by molar-refractivity contribution is -0.161. The topological polar surface area (TPSA) is 140 Å². The Hall–Kier alpha value is -2.55. The number of allylic oxidation sites excluding steroid dienone is 10. The molecule has 0 radical (unpaired) electrons. The molecule has 50 heavy (non-hydrogen) atoms. The van der Waals surface area contributed by atoms with Crippen LogP contribution in [0.25, 0.3) is 0 Å². The van der Waals surface area contributed by atoms with E-state index in [2.05, 4.69) is 43.5 Å². The highest BCUT2D eigenvalue weighted by atomic mass is 31.2. The molecule has 0 aromatic rings. The number of phosphoric acid groups is 1. The number of aliphatic hydroxyl groups excluding tert-OH is 1. The van der Waals surface area contributed by atoms with E-state index < -0.39 is 38.6 Å². The molecule has 0 aliphatic carbocycles. The lowest BCUT2D eigenvalue weighted by atomic mass is 10.0. The molecular formula is C40H67O9P. The molecule has 0 aliphatic rings. The van der Waals surface area contributed by atoms with Crippen LogP contribution in [0.4, 0.5) is 0 Å². The Morgan fingerprint density at radius 2 is 1.26 bits per heavy atom. The number of unbranched alkanes of at least 4 members (excludes halogenated alkanes) is 8. The highest BCUT2D eigenvalue weighted by molar-refractivity contribution is 7.46. The fraction of sp³-hybridized carbons (Fsp3) is 0.650. The van der Waals surface area contributed by atoms with Crippen LogP contribution in [0.15, 0.2) is 72.9 Å². The number of hydrogen-bond donors (Lipinski definition) is 3. The zero-order chi connectivity index (χ0) is 37.1. The van der Waals surface area contributed by atoms with E-state index >= 15 is 0 Å². The summed E-state index contributed by atoms with van der Waals surface area (Å²) in [6.07, 6.45) is 38.4. The monoisotopic (exact) mass is 722 g/mol. The number of carbonyl (C=O) groups is 2. The second kappa shape index (κ2) is 33.6. The number of esters is 2. The normalized spacial score (nSPS) is 14.1. The maximum atomic E-state index is 12.3. The predicted molar refractivity (Wildman–Crippen MR) is 203 cm³/mol. The van der Waals surface area contributed by atoms with Gasteiger partial charge in [-0.05, 0) is 50.9 Å². The van der Waals surface area contributed by atoms with E-state index in [-0.39, 0.29) is 19.4 Å². The van der Waals surface area contributed by atoms with Crippen LogP contribution in [0.2, 0.25) is 0 Å². The number of aliphatic hydroxyl groups is 1. The quantitative estimate of drug-likeness (QED) is 0.0203. The van der Waals surface area contributed by atoms with Crippen LogP contribution >= 0.6 is 7.82 Å². The largest absolute Gasteiger partial charge is 0.469 e. The summed E-state index contributed by atoms with van der Waals surface area (Å²) in [7, 11) is -4.78. The fourth-order valence-corrected chi connectivity index (χ4v) is 5.09. The number of ether oxygens (including phenoxy) is 2. The Labute approximate surface area is 302 Å². The van der Waals surface area contributed by atoms with Crippen molar-refractivity contribution in [2.75, 3.05) is 13.2 Å². The SMILES string of the molecule is CC/C=C\CC(O)/C=C/C=C/C/C=C\C/C=C\C/C=C\CCC(=O)O[C@H](COC(=O)CCCCCCCCCCCC(C)C)COP(=O)(O)O. The number of rotatable bonds is 32. The molecule has 0 spiro atoms. The van der Waals surface area contributed by atoms with Crippen molar-refractivity contribution < 1.29 is 43.0 Å². The summed E-state index contributed by atoms with van der Waals surface area (Å²) >= 11 is 0. The average molecular weight is 723 g/mol. The summed E-state index contributed by atoms with van der Waals surface area (Å²) in [6, 6.07) is 0. The molecule has 0 aromatic heterocycles. The molecule has 0 fully saturated rings. The van der Waals surface area contributed by atoms with Gasteiger partial charge in [0.15, 0.2) is 6.10 Å². The second-order valence-corrected chi connectivity index (χ2v) is 14.1. The summed E-state index contributed by atoms with van der Waals surface area (Å²) < 4.78 is 26.2. The predicted octanol–water partition coefficient (Wildman–Crippen LogP) is 9.95. The molecule has 286 valence electrons. The van der Waals surface area contributed by atoms with Crippen molar-refractivity contribution in [1.29, 1.82) is 0 Å². The number of carbonyl (C=O) groups excluding carboxylic acids is 2. The van der Waals surface area contributed by atoms with Gasteiger partial charge in [-0.15, -0.1) is 0 Å². The summed E-state index contributed by atoms with van der Waals surface area (Å²) in [5.41, 5.74) is 0. The summed E-state index contributed by atoms with van der Waals surface area (Å²) in [4.78, 5) is 42.6. The van der Waals surface area contributed by atoms with Gasteiger partial charge < -0.3 is 24.4 Å². The standard InChI is InChI=1S/C40H67O9P/c1-4-5-24-30-37(41)31-26-21-17-13-9-7-6-8-10-14-19-23-28-33-40(43)49-38(35-48-50(44,45)46)34-47-39(42)32-27-22-18-15-11-12-16-20-25-29-36(2)3/h5,7-10,17,19,21,23-24,26,31,36-38,41H,4,6,11-16,18,20,22,25,27-30,32-35H2,1-3H3,(H2,44,45,46)/b9-7-,10-8-,21-17+,23-19-,24-5-,31-26+/t37?,38-/m1/s1. The third kappa shape index (κ3) is 36.7. The van der Waals surface area contributed by atoms with Gasteiger partial charge in [0.25, 0.3) is 0 Å². The van der Waals surface area contributed by atoms with Crippen LogP contribution in [-0.4, -0.2) is 52.3 Å². The first-order chi connectivity index (χ1) is 24.0. The van der Waals surface area contributed by atoms with Crippen molar-refractivity contribution in [2.24, 2.45) is 5.92 Å². The first kappa shape index (κ1) is 47.4. The van der Waals surface area contributed by atoms with Crippen molar-refractivity contribution in [3.63, 3.8) is 0 Å². The molecule has 0 saturated carbocycles. The summed E-state index contributed by atoms with van der Waals surface area (Å²) in [5, 5.41) is 9.80. The molecule has 0 saturated heterocycles. The molecule has 1 unspecified atom stereocenters. The van der Waals surface area contributed by atoms with Crippen LogP contribution in [0, 0.1) is 5.92 Å². The minimum Gasteiger partial charge on any atom is -0.462 e. The lowest BCUT2D eigenvalue weighted by Crippen LogP contribution is -2.29. The first-order valence-electron chi connectivity index (χ1n) is 18.7. The highest BCUT2D eigenvalue weighted by Crippen LogP contribution is 2.35. The average Bonchev–Trinajstić information content (AvgIpc) is 3.06. The van der Waals surface area contributed by atoms with Crippen molar-refractivity contribution in [1.82, 2.24) is 0 Å². The maximum absolute atomic E-state index is 12.3. The van der Waals surface area contributed by atoms with Crippen molar-refractivity contribution in [3.05, 3.63) is 72.9 Å². The molecular weight excluding hydrogens is 655 g/mol. The highest BCUT2D eigenvalue weighted by Gasteiger charge is 2.22. The van der Waals surface area contributed by atoms with Crippen LogP contribution in [0.5, 0.6) is 0 Å². The Kier molecular flexibility index (Phi) is 31.9. The summed E-state index contributed by atoms with van der Waals surface area (Å²) in [5.74, 6) is -0.233. The van der Waals surface area contributed by atoms with Gasteiger partial charge in [0.2, 0.25) is 0 Å². The Morgan fingerprint density at radius 3 is 1.86 bits per heavy atom. The van der Waals surface area contributed by atoms with E-state index in [1.54, 1.807) is 6.08 Å². The summed E-state index contributed by atoms with van der Waals surface area (Å²) in [6.45, 7) is 5.68. The molecule has 0 aliphatic heterocycles. The van der Waals surface area contributed by atoms with Crippen LogP contribution in [0.3, 0.4) is 0 Å². The fourth-order valence-electron chi connectivity index (χ4n) is 4.72. The molecule has 3 N–H and O–H groups in total. The lowest BCUT2D eigenvalue weighted by Gasteiger charge is -2.18. The van der Waals surface area contributed by atoms with Crippen molar-refractivity contribution >= 4 is 19.8 Å². The van der Waals surface area contributed by atoms with E-state index in [9.17, 15) is 19.3 Å². The molecule has 10 heteroatoms. The van der Waals surface area contributed by atoms with Gasteiger partial charge in [-0.2, -0.15) is 0 Å².